The van der Waals surface area contributed by atoms with Gasteiger partial charge < -0.3 is 10.4 Å². The molecular formula is C8H12BrN3O2. The number of nitrogens with one attached hydrogen (secondary N) is 1. The number of aliphatic hydroxyl groups excluding tert-OH is 1. The van der Waals surface area contributed by atoms with Crippen LogP contribution in [0, 0.1) is 0 Å². The van der Waals surface area contributed by atoms with Gasteiger partial charge in [-0.1, -0.05) is 0 Å². The van der Waals surface area contributed by atoms with E-state index in [1.807, 2.05) is 0 Å². The highest BCUT2D eigenvalue weighted by Gasteiger charge is 2.06. The van der Waals surface area contributed by atoms with Gasteiger partial charge in [-0.15, -0.1) is 0 Å². The summed E-state index contributed by atoms with van der Waals surface area (Å²) in [5.41, 5.74) is 0.384. The molecular weight excluding hydrogens is 250 g/mol. The van der Waals surface area contributed by atoms with Gasteiger partial charge in [0, 0.05) is 13.6 Å². The molecule has 5 nitrogen and oxygen atoms in total. The normalized spacial score (nSPS) is 12.6. The van der Waals surface area contributed by atoms with Crippen molar-refractivity contribution in [2.45, 2.75) is 13.0 Å². The molecule has 0 aliphatic rings. The molecule has 0 fully saturated rings. The van der Waals surface area contributed by atoms with Gasteiger partial charge in [0.05, 0.1) is 18.0 Å². The smallest absolute Gasteiger partial charge is 0.282 e. The Morgan fingerprint density at radius 2 is 2.43 bits per heavy atom. The SMILES string of the molecule is C[C@H](O)CNc1cnn(C)c(=O)c1Br. The molecule has 1 aromatic rings. The van der Waals surface area contributed by atoms with Gasteiger partial charge in [0.2, 0.25) is 0 Å². The van der Waals surface area contributed by atoms with E-state index in [4.69, 9.17) is 5.11 Å². The molecule has 0 spiro atoms. The Kier molecular flexibility index (Phi) is 3.65. The van der Waals surface area contributed by atoms with E-state index >= 15 is 0 Å². The number of hydrogen-bond donors (Lipinski definition) is 2. The molecule has 0 aliphatic heterocycles. The first-order valence-electron chi connectivity index (χ1n) is 4.16. The van der Waals surface area contributed by atoms with Gasteiger partial charge in [-0.3, -0.25) is 4.79 Å². The van der Waals surface area contributed by atoms with Crippen LogP contribution in [0.25, 0.3) is 0 Å². The quantitative estimate of drug-likeness (QED) is 0.824. The van der Waals surface area contributed by atoms with Crippen LogP contribution in [0.2, 0.25) is 0 Å². The minimum atomic E-state index is -0.467. The number of nitrogens with zero attached hydrogens (tertiary/aromatic N) is 2. The van der Waals surface area contributed by atoms with E-state index in [1.54, 1.807) is 14.0 Å². The average molecular weight is 262 g/mol. The average Bonchev–Trinajstić information content (AvgIpc) is 2.13. The molecule has 1 rings (SSSR count). The Balaban J connectivity index is 2.89. The third-order valence-corrected chi connectivity index (χ3v) is 2.43. The third-order valence-electron chi connectivity index (χ3n) is 1.67. The van der Waals surface area contributed by atoms with Gasteiger partial charge in [0.25, 0.3) is 5.56 Å². The van der Waals surface area contributed by atoms with Crippen molar-refractivity contribution in [3.05, 3.63) is 21.0 Å². The van der Waals surface area contributed by atoms with Gasteiger partial charge in [0.15, 0.2) is 0 Å². The Morgan fingerprint density at radius 1 is 1.79 bits per heavy atom. The minimum absolute atomic E-state index is 0.208. The first-order valence-corrected chi connectivity index (χ1v) is 4.95. The van der Waals surface area contributed by atoms with Crippen LogP contribution in [-0.2, 0) is 7.05 Å². The first-order chi connectivity index (χ1) is 6.52. The zero-order chi connectivity index (χ0) is 10.7. The van der Waals surface area contributed by atoms with E-state index in [0.29, 0.717) is 16.7 Å². The lowest BCUT2D eigenvalue weighted by Crippen LogP contribution is -2.23. The van der Waals surface area contributed by atoms with Gasteiger partial charge in [-0.05, 0) is 22.9 Å². The summed E-state index contributed by atoms with van der Waals surface area (Å²) in [4.78, 5) is 11.4. The van der Waals surface area contributed by atoms with E-state index in [1.165, 1.54) is 10.9 Å². The molecule has 1 aromatic heterocycles. The maximum Gasteiger partial charge on any atom is 0.282 e. The monoisotopic (exact) mass is 261 g/mol. The molecule has 0 radical (unpaired) electrons. The van der Waals surface area contributed by atoms with Crippen LogP contribution in [0.5, 0.6) is 0 Å². The number of anilines is 1. The standard InChI is InChI=1S/C8H12BrN3O2/c1-5(13)3-10-6-4-11-12(2)8(14)7(6)9/h4-5,10,13H,3H2,1-2H3/t5-/m0/s1. The Labute approximate surface area is 89.9 Å². The van der Waals surface area contributed by atoms with Crippen molar-refractivity contribution in [3.8, 4) is 0 Å². The second-order valence-corrected chi connectivity index (χ2v) is 3.82. The van der Waals surface area contributed by atoms with E-state index in [9.17, 15) is 4.79 Å². The topological polar surface area (TPSA) is 67.2 Å². The van der Waals surface area contributed by atoms with Crippen LogP contribution in [0.1, 0.15) is 6.92 Å². The van der Waals surface area contributed by atoms with Gasteiger partial charge in [0.1, 0.15) is 4.47 Å². The molecule has 0 saturated heterocycles. The highest BCUT2D eigenvalue weighted by molar-refractivity contribution is 9.10. The second-order valence-electron chi connectivity index (χ2n) is 3.03. The lowest BCUT2D eigenvalue weighted by molar-refractivity contribution is 0.208. The number of aryl methyl sites for hydroxylation is 1. The highest BCUT2D eigenvalue weighted by atomic mass is 79.9. The summed E-state index contributed by atoms with van der Waals surface area (Å²) in [6, 6.07) is 0. The molecule has 0 saturated carbocycles. The summed E-state index contributed by atoms with van der Waals surface area (Å²) < 4.78 is 1.66. The van der Waals surface area contributed by atoms with Crippen molar-refractivity contribution < 1.29 is 5.11 Å². The maximum absolute atomic E-state index is 11.4. The molecule has 1 atom stereocenters. The highest BCUT2D eigenvalue weighted by Crippen LogP contribution is 2.15. The van der Waals surface area contributed by atoms with Crippen LogP contribution in [-0.4, -0.2) is 27.5 Å². The summed E-state index contributed by atoms with van der Waals surface area (Å²) in [7, 11) is 1.57. The summed E-state index contributed by atoms with van der Waals surface area (Å²) in [6.45, 7) is 2.04. The second kappa shape index (κ2) is 4.56. The molecule has 78 valence electrons. The molecule has 14 heavy (non-hydrogen) atoms. The first kappa shape index (κ1) is 11.2. The number of aliphatic hydroxyl groups is 1. The van der Waals surface area contributed by atoms with Crippen LogP contribution >= 0.6 is 15.9 Å². The van der Waals surface area contributed by atoms with Crippen LogP contribution in [0.15, 0.2) is 15.5 Å². The predicted molar refractivity (Wildman–Crippen MR) is 57.3 cm³/mol. The number of hydrogen-bond acceptors (Lipinski definition) is 4. The molecule has 0 bridgehead atoms. The van der Waals surface area contributed by atoms with Crippen LogP contribution in [0.3, 0.4) is 0 Å². The molecule has 0 aliphatic carbocycles. The number of halogens is 1. The largest absolute Gasteiger partial charge is 0.392 e. The van der Waals surface area contributed by atoms with Crippen molar-refractivity contribution in [2.24, 2.45) is 7.05 Å². The zero-order valence-electron chi connectivity index (χ0n) is 7.99. The molecule has 0 amide bonds. The van der Waals surface area contributed by atoms with Crippen molar-refractivity contribution in [1.82, 2.24) is 9.78 Å². The summed E-state index contributed by atoms with van der Waals surface area (Å²) >= 11 is 3.16. The zero-order valence-corrected chi connectivity index (χ0v) is 9.58. The number of rotatable bonds is 3. The fourth-order valence-corrected chi connectivity index (χ4v) is 1.39. The molecule has 0 aromatic carbocycles. The molecule has 2 N–H and O–H groups in total. The van der Waals surface area contributed by atoms with Gasteiger partial charge >= 0.3 is 0 Å². The van der Waals surface area contributed by atoms with E-state index in [0.717, 1.165) is 0 Å². The van der Waals surface area contributed by atoms with E-state index in [2.05, 4.69) is 26.3 Å². The lowest BCUT2D eigenvalue weighted by Gasteiger charge is -2.09. The summed E-state index contributed by atoms with van der Waals surface area (Å²) in [6.07, 6.45) is 1.07. The summed E-state index contributed by atoms with van der Waals surface area (Å²) in [5, 5.41) is 15.8. The van der Waals surface area contributed by atoms with Gasteiger partial charge in [-0.2, -0.15) is 5.10 Å². The van der Waals surface area contributed by atoms with Crippen LogP contribution in [0.4, 0.5) is 5.69 Å². The van der Waals surface area contributed by atoms with Crippen molar-refractivity contribution in [2.75, 3.05) is 11.9 Å². The predicted octanol–water partition coefficient (Wildman–Crippen LogP) is 0.335. The fourth-order valence-electron chi connectivity index (χ4n) is 0.892. The maximum atomic E-state index is 11.4. The Hall–Kier alpha value is -0.880. The van der Waals surface area contributed by atoms with Crippen LogP contribution < -0.4 is 10.9 Å². The minimum Gasteiger partial charge on any atom is -0.392 e. The Bertz CT molecular complexity index is 375. The molecule has 0 unspecified atom stereocenters. The lowest BCUT2D eigenvalue weighted by atomic mass is 10.4. The Morgan fingerprint density at radius 3 is 3.00 bits per heavy atom. The van der Waals surface area contributed by atoms with Crippen molar-refractivity contribution in [3.63, 3.8) is 0 Å². The summed E-state index contributed by atoms with van der Waals surface area (Å²) in [5.74, 6) is 0. The molecule has 1 heterocycles. The van der Waals surface area contributed by atoms with Gasteiger partial charge in [-0.25, -0.2) is 4.68 Å². The molecule has 6 heteroatoms. The fraction of sp³-hybridized carbons (Fsp3) is 0.500. The van der Waals surface area contributed by atoms with Crippen molar-refractivity contribution in [1.29, 1.82) is 0 Å². The van der Waals surface area contributed by atoms with E-state index < -0.39 is 6.10 Å². The number of aromatic nitrogens is 2. The van der Waals surface area contributed by atoms with Crippen molar-refractivity contribution >= 4 is 21.6 Å². The van der Waals surface area contributed by atoms with E-state index in [-0.39, 0.29) is 5.56 Å². The third kappa shape index (κ3) is 2.55.